The molecule has 148 valence electrons. The molecule has 2 heterocycles. The van der Waals surface area contributed by atoms with Crippen LogP contribution in [-0.2, 0) is 10.2 Å². The van der Waals surface area contributed by atoms with Crippen LogP contribution >= 0.6 is 0 Å². The Labute approximate surface area is 161 Å². The van der Waals surface area contributed by atoms with Crippen LogP contribution < -0.4 is 14.4 Å². The number of rotatable bonds is 3. The van der Waals surface area contributed by atoms with Crippen LogP contribution in [0.2, 0.25) is 0 Å². The van der Waals surface area contributed by atoms with Gasteiger partial charge in [0.25, 0.3) is 0 Å². The fourth-order valence-corrected chi connectivity index (χ4v) is 4.64. The second-order valence-electron chi connectivity index (χ2n) is 6.72. The highest BCUT2D eigenvalue weighted by Gasteiger charge is 2.47. The van der Waals surface area contributed by atoms with E-state index in [2.05, 4.69) is 5.32 Å². The first-order valence-corrected chi connectivity index (χ1v) is 10.3. The van der Waals surface area contributed by atoms with Crippen LogP contribution in [0, 0.1) is 10.7 Å². The van der Waals surface area contributed by atoms with Crippen LogP contribution in [0.4, 0.5) is 10.1 Å². The summed E-state index contributed by atoms with van der Waals surface area (Å²) in [6, 6.07) is 5.93. The van der Waals surface area contributed by atoms with Crippen molar-refractivity contribution in [2.24, 2.45) is 0 Å². The van der Waals surface area contributed by atoms with Crippen molar-refractivity contribution < 1.29 is 26.8 Å². The van der Waals surface area contributed by atoms with Gasteiger partial charge >= 0.3 is 10.2 Å². The molecular weight excluding hydrogens is 389 g/mol. The molecule has 2 aromatic carbocycles. The summed E-state index contributed by atoms with van der Waals surface area (Å²) in [5, 5.41) is 13.9. The third-order valence-electron chi connectivity index (χ3n) is 4.84. The van der Waals surface area contributed by atoms with Gasteiger partial charge in [-0.25, -0.2) is 4.39 Å². The van der Waals surface area contributed by atoms with Crippen molar-refractivity contribution in [2.75, 3.05) is 30.5 Å². The normalized spacial score (nSPS) is 20.8. The number of piperidine rings is 1. The Morgan fingerprint density at radius 2 is 2.14 bits per heavy atom. The number of nitrogens with one attached hydrogen (secondary N) is 1. The fourth-order valence-electron chi connectivity index (χ4n) is 3.39. The summed E-state index contributed by atoms with van der Waals surface area (Å²) in [6.45, 7) is 1.13. The minimum absolute atomic E-state index is 0.0880. The van der Waals surface area contributed by atoms with E-state index in [4.69, 9.17) is 4.74 Å². The predicted molar refractivity (Wildman–Crippen MR) is 101 cm³/mol. The average Bonchev–Trinajstić information content (AvgIpc) is 2.94. The van der Waals surface area contributed by atoms with E-state index in [-0.39, 0.29) is 22.6 Å². The van der Waals surface area contributed by atoms with Gasteiger partial charge in [0, 0.05) is 16.8 Å². The third kappa shape index (κ3) is 3.18. The van der Waals surface area contributed by atoms with Crippen molar-refractivity contribution in [1.82, 2.24) is 5.32 Å². The Kier molecular flexibility index (Phi) is 4.68. The van der Waals surface area contributed by atoms with E-state index in [0.717, 1.165) is 31.5 Å². The van der Waals surface area contributed by atoms with E-state index in [9.17, 15) is 18.4 Å². The molecule has 0 aromatic heterocycles. The number of phenols is 1. The summed E-state index contributed by atoms with van der Waals surface area (Å²) < 4.78 is 45.5. The lowest BCUT2D eigenvalue weighted by molar-refractivity contribution is -0.375. The van der Waals surface area contributed by atoms with Crippen molar-refractivity contribution in [1.29, 1.82) is 0 Å². The minimum Gasteiger partial charge on any atom is -0.506 e. The molecule has 4 rings (SSSR count). The topological polar surface area (TPSA) is 98.9 Å². The molecule has 0 saturated carbocycles. The van der Waals surface area contributed by atoms with Crippen molar-refractivity contribution in [3.63, 3.8) is 0 Å². The quantitative estimate of drug-likeness (QED) is 0.597. The van der Waals surface area contributed by atoms with E-state index in [1.165, 1.54) is 12.1 Å². The van der Waals surface area contributed by atoms with E-state index >= 15 is 4.39 Å². The molecule has 2 aromatic rings. The first-order chi connectivity index (χ1) is 13.4. The molecular formula is C18H19FN3O5S+. The molecule has 2 fully saturated rings. The number of hydrogen-bond donors (Lipinski definition) is 2. The van der Waals surface area contributed by atoms with Crippen LogP contribution in [-0.4, -0.2) is 43.9 Å². The highest BCUT2D eigenvalue weighted by Crippen LogP contribution is 2.39. The fraction of sp³-hybridized carbons (Fsp3) is 0.333. The number of halogens is 1. The van der Waals surface area contributed by atoms with Gasteiger partial charge in [0.2, 0.25) is 6.54 Å². The van der Waals surface area contributed by atoms with Gasteiger partial charge in [0.15, 0.2) is 5.82 Å². The molecule has 28 heavy (non-hydrogen) atoms. The smallest absolute Gasteiger partial charge is 0.506 e. The van der Waals surface area contributed by atoms with Gasteiger partial charge in [0.1, 0.15) is 27.9 Å². The number of fused-ring (bicyclic) bond motifs is 1. The summed E-state index contributed by atoms with van der Waals surface area (Å²) >= 11 is 0. The van der Waals surface area contributed by atoms with Crippen molar-refractivity contribution in [3.8, 4) is 11.5 Å². The Morgan fingerprint density at radius 3 is 2.82 bits per heavy atom. The predicted octanol–water partition coefficient (Wildman–Crippen LogP) is 2.17. The van der Waals surface area contributed by atoms with Crippen LogP contribution in [0.25, 0.3) is 10.8 Å². The lowest BCUT2D eigenvalue weighted by Gasteiger charge is -2.16. The Hall–Kier alpha value is -2.72. The zero-order valence-electron chi connectivity index (χ0n) is 14.9. The molecule has 2 aliphatic rings. The van der Waals surface area contributed by atoms with Gasteiger partial charge in [-0.1, -0.05) is 6.07 Å². The number of nitroso groups, excluding NO2 is 1. The highest BCUT2D eigenvalue weighted by molar-refractivity contribution is 7.87. The number of benzene rings is 2. The van der Waals surface area contributed by atoms with Gasteiger partial charge in [-0.2, -0.15) is 4.31 Å². The largest absolute Gasteiger partial charge is 0.512 e. The van der Waals surface area contributed by atoms with E-state index in [0.29, 0.717) is 15.4 Å². The van der Waals surface area contributed by atoms with Crippen LogP contribution in [0.1, 0.15) is 12.8 Å². The number of hydrogen-bond acceptors (Lipinski definition) is 6. The van der Waals surface area contributed by atoms with Gasteiger partial charge in [-0.3, -0.25) is 0 Å². The molecule has 0 aliphatic carbocycles. The van der Waals surface area contributed by atoms with Crippen LogP contribution in [0.5, 0.6) is 11.5 Å². The van der Waals surface area contributed by atoms with Gasteiger partial charge in [0.05, 0.1) is 6.26 Å². The second-order valence-corrected chi connectivity index (χ2v) is 8.47. The lowest BCUT2D eigenvalue weighted by atomic mass is 10.1. The Morgan fingerprint density at radius 1 is 1.32 bits per heavy atom. The highest BCUT2D eigenvalue weighted by atomic mass is 32.2. The lowest BCUT2D eigenvalue weighted by Crippen LogP contribution is -2.28. The van der Waals surface area contributed by atoms with Crippen molar-refractivity contribution >= 4 is 26.7 Å². The number of aromatic hydroxyl groups is 1. The molecule has 0 atom stereocenters. The molecule has 0 amide bonds. The maximum absolute atomic E-state index is 15.2. The summed E-state index contributed by atoms with van der Waals surface area (Å²) in [6.07, 6.45) is 3.57. The summed E-state index contributed by atoms with van der Waals surface area (Å²) in [5.74, 6) is -1.09. The maximum atomic E-state index is 15.2. The Bertz CT molecular complexity index is 1090. The SMILES string of the molecule is O=[N+]1CCN(c2c(O)cc3ccc(O/C=C4\CCCNC4)cc3c2F)S1(=O)=O. The summed E-state index contributed by atoms with van der Waals surface area (Å²) in [5.41, 5.74) is 0.565. The van der Waals surface area contributed by atoms with Crippen LogP contribution in [0.3, 0.4) is 0 Å². The zero-order valence-corrected chi connectivity index (χ0v) is 15.7. The Balaban J connectivity index is 1.73. The van der Waals surface area contributed by atoms with E-state index in [1.54, 1.807) is 18.4 Å². The zero-order chi connectivity index (χ0) is 19.9. The van der Waals surface area contributed by atoms with Crippen molar-refractivity contribution in [3.05, 3.63) is 46.8 Å². The summed E-state index contributed by atoms with van der Waals surface area (Å²) in [7, 11) is -4.40. The molecule has 8 nitrogen and oxygen atoms in total. The molecule has 0 unspecified atom stereocenters. The average molecular weight is 408 g/mol. The molecule has 2 aliphatic heterocycles. The molecule has 10 heteroatoms. The van der Waals surface area contributed by atoms with E-state index < -0.39 is 27.5 Å². The molecule has 0 radical (unpaired) electrons. The molecule has 0 bridgehead atoms. The van der Waals surface area contributed by atoms with E-state index in [1.807, 2.05) is 0 Å². The minimum atomic E-state index is -4.40. The first-order valence-electron chi connectivity index (χ1n) is 8.86. The number of phenolic OH excluding ortho intramolecular Hbond substituents is 1. The molecule has 2 saturated heterocycles. The number of anilines is 1. The number of ether oxygens (including phenoxy) is 1. The van der Waals surface area contributed by atoms with Gasteiger partial charge in [-0.05, 0) is 48.5 Å². The maximum Gasteiger partial charge on any atom is 0.512 e. The van der Waals surface area contributed by atoms with Gasteiger partial charge in [-0.15, -0.1) is 8.42 Å². The van der Waals surface area contributed by atoms with Crippen molar-refractivity contribution in [2.45, 2.75) is 12.8 Å². The number of nitrogens with zero attached hydrogens (tertiary/aromatic N) is 2. The second kappa shape index (κ2) is 7.02. The standard InChI is InChI=1S/C18H18FN3O5S/c19-17-15-9-14(27-11-12-2-1-5-20-10-12)4-3-13(15)8-16(23)18(17)21-6-7-22(24)28(21,25)26/h3-4,8-9,11,20H,1-2,5-7,10H2/p+1/b12-11+. The third-order valence-corrected chi connectivity index (χ3v) is 6.46. The summed E-state index contributed by atoms with van der Waals surface area (Å²) in [4.78, 5) is 11.5. The first kappa shape index (κ1) is 18.6. The monoisotopic (exact) mass is 408 g/mol. The molecule has 0 spiro atoms. The molecule has 2 N–H and O–H groups in total. The van der Waals surface area contributed by atoms with Crippen LogP contribution in [0.15, 0.2) is 36.1 Å². The van der Waals surface area contributed by atoms with Gasteiger partial charge < -0.3 is 15.2 Å².